The summed E-state index contributed by atoms with van der Waals surface area (Å²) in [4.78, 5) is 0. The predicted molar refractivity (Wildman–Crippen MR) is 130 cm³/mol. The first-order valence-electron chi connectivity index (χ1n) is 11.2. The molecule has 0 radical (unpaired) electrons. The van der Waals surface area contributed by atoms with Crippen LogP contribution in [0.4, 0.5) is 0 Å². The fourth-order valence-electron chi connectivity index (χ4n) is 3.91. The molecule has 33 heavy (non-hydrogen) atoms. The summed E-state index contributed by atoms with van der Waals surface area (Å²) < 4.78 is 24.7. The molecule has 5 nitrogen and oxygen atoms in total. The van der Waals surface area contributed by atoms with Crippen LogP contribution in [0.1, 0.15) is 16.7 Å². The van der Waals surface area contributed by atoms with E-state index in [1.54, 1.807) is 0 Å². The van der Waals surface area contributed by atoms with Crippen LogP contribution in [-0.2, 0) is 38.8 Å². The number of rotatable bonds is 10. The first kappa shape index (κ1) is 24.0. The van der Waals surface area contributed by atoms with Gasteiger partial charge in [0, 0.05) is 5.75 Å². The van der Waals surface area contributed by atoms with Crippen molar-refractivity contribution in [3.63, 3.8) is 0 Å². The van der Waals surface area contributed by atoms with E-state index in [-0.39, 0.29) is 0 Å². The second-order valence-corrected chi connectivity index (χ2v) is 8.40. The Morgan fingerprint density at radius 2 is 1.00 bits per heavy atom. The average molecular weight is 467 g/mol. The van der Waals surface area contributed by atoms with Gasteiger partial charge in [-0.3, -0.25) is 0 Å². The van der Waals surface area contributed by atoms with Crippen LogP contribution < -0.4 is 0 Å². The van der Waals surface area contributed by atoms with Gasteiger partial charge in [0.05, 0.1) is 25.9 Å². The zero-order valence-electron chi connectivity index (χ0n) is 18.4. The number of thiol groups is 1. The van der Waals surface area contributed by atoms with E-state index in [4.69, 9.17) is 18.9 Å². The van der Waals surface area contributed by atoms with Gasteiger partial charge in [-0.2, -0.15) is 12.6 Å². The third-order valence-electron chi connectivity index (χ3n) is 5.65. The van der Waals surface area contributed by atoms with Gasteiger partial charge in [-0.05, 0) is 16.7 Å². The molecular formula is C27H30O5S. The third-order valence-corrected chi connectivity index (χ3v) is 6.00. The molecule has 6 heteroatoms. The molecule has 0 saturated carbocycles. The Labute approximate surface area is 200 Å². The van der Waals surface area contributed by atoms with E-state index in [1.165, 1.54) is 0 Å². The number of benzene rings is 3. The minimum Gasteiger partial charge on any atom is -0.368 e. The SMILES string of the molecule is O[C@H]1O[C@H](CS)[C@H](OCc2ccccc2)[C@H](OCc2ccccc2)[C@H]1OCc1ccccc1. The van der Waals surface area contributed by atoms with Gasteiger partial charge in [-0.1, -0.05) is 91.0 Å². The van der Waals surface area contributed by atoms with Crippen LogP contribution in [0.5, 0.6) is 0 Å². The summed E-state index contributed by atoms with van der Waals surface area (Å²) in [5.41, 5.74) is 3.08. The number of ether oxygens (including phenoxy) is 4. The van der Waals surface area contributed by atoms with Crippen LogP contribution in [-0.4, -0.2) is 41.6 Å². The predicted octanol–water partition coefficient (Wildman–Crippen LogP) is 4.39. The van der Waals surface area contributed by atoms with Crippen molar-refractivity contribution in [2.75, 3.05) is 5.75 Å². The van der Waals surface area contributed by atoms with Crippen molar-refractivity contribution in [2.24, 2.45) is 0 Å². The Bertz CT molecular complexity index is 941. The summed E-state index contributed by atoms with van der Waals surface area (Å²) in [5, 5.41) is 10.8. The van der Waals surface area contributed by atoms with E-state index < -0.39 is 30.7 Å². The molecule has 1 aliphatic heterocycles. The Balaban J connectivity index is 1.53. The molecule has 5 atom stereocenters. The Hall–Kier alpha value is -2.19. The molecular weight excluding hydrogens is 436 g/mol. The number of hydrogen-bond donors (Lipinski definition) is 2. The minimum absolute atomic E-state index is 0.327. The highest BCUT2D eigenvalue weighted by Gasteiger charge is 2.47. The Kier molecular flexibility index (Phi) is 8.94. The molecule has 1 heterocycles. The molecule has 1 fully saturated rings. The van der Waals surface area contributed by atoms with E-state index >= 15 is 0 Å². The van der Waals surface area contributed by atoms with Crippen LogP contribution in [0.3, 0.4) is 0 Å². The maximum absolute atomic E-state index is 10.8. The highest BCUT2D eigenvalue weighted by molar-refractivity contribution is 7.80. The lowest BCUT2D eigenvalue weighted by Gasteiger charge is -2.44. The molecule has 4 rings (SSSR count). The van der Waals surface area contributed by atoms with E-state index in [2.05, 4.69) is 12.6 Å². The molecule has 0 bridgehead atoms. The van der Waals surface area contributed by atoms with Gasteiger partial charge in [0.15, 0.2) is 6.29 Å². The van der Waals surface area contributed by atoms with E-state index in [0.29, 0.717) is 25.6 Å². The highest BCUT2D eigenvalue weighted by Crippen LogP contribution is 2.30. The molecule has 0 spiro atoms. The second kappa shape index (κ2) is 12.3. The molecule has 1 aliphatic rings. The molecule has 1 saturated heterocycles. The smallest absolute Gasteiger partial charge is 0.184 e. The topological polar surface area (TPSA) is 57.2 Å². The van der Waals surface area contributed by atoms with Crippen molar-refractivity contribution < 1.29 is 24.1 Å². The van der Waals surface area contributed by atoms with E-state index in [0.717, 1.165) is 16.7 Å². The standard InChI is InChI=1S/C27H30O5S/c28-27-26(31-18-22-14-8-3-9-15-22)25(30-17-21-12-6-2-7-13-21)24(23(19-33)32-27)29-16-20-10-4-1-5-11-20/h1-15,23-28,33H,16-19H2/t23-,24+,25+,26-,27+/m1/s1. The summed E-state index contributed by atoms with van der Waals surface area (Å²) in [5.74, 6) is 0.382. The Morgan fingerprint density at radius 3 is 1.42 bits per heavy atom. The number of aliphatic hydroxyl groups is 1. The summed E-state index contributed by atoms with van der Waals surface area (Å²) in [6.45, 7) is 1.09. The fourth-order valence-corrected chi connectivity index (χ4v) is 4.20. The van der Waals surface area contributed by atoms with Gasteiger partial charge >= 0.3 is 0 Å². The fraction of sp³-hybridized carbons (Fsp3) is 0.333. The largest absolute Gasteiger partial charge is 0.368 e. The average Bonchev–Trinajstić information content (AvgIpc) is 2.87. The van der Waals surface area contributed by atoms with Crippen molar-refractivity contribution in [3.8, 4) is 0 Å². The van der Waals surface area contributed by atoms with Crippen LogP contribution in [0.15, 0.2) is 91.0 Å². The summed E-state index contributed by atoms with van der Waals surface area (Å²) >= 11 is 4.45. The molecule has 3 aromatic rings. The normalized spacial score (nSPS) is 25.1. The number of aliphatic hydroxyl groups excluding tert-OH is 1. The molecule has 0 aromatic heterocycles. The molecule has 0 aliphatic carbocycles. The van der Waals surface area contributed by atoms with E-state index in [1.807, 2.05) is 91.0 Å². The van der Waals surface area contributed by atoms with Crippen molar-refractivity contribution in [1.29, 1.82) is 0 Å². The maximum atomic E-state index is 10.8. The van der Waals surface area contributed by atoms with Gasteiger partial charge < -0.3 is 24.1 Å². The zero-order valence-corrected chi connectivity index (χ0v) is 19.3. The highest BCUT2D eigenvalue weighted by atomic mass is 32.1. The molecule has 1 N–H and O–H groups in total. The van der Waals surface area contributed by atoms with Crippen LogP contribution in [0.2, 0.25) is 0 Å². The van der Waals surface area contributed by atoms with Crippen LogP contribution in [0, 0.1) is 0 Å². The lowest BCUT2D eigenvalue weighted by molar-refractivity contribution is -0.307. The summed E-state index contributed by atoms with van der Waals surface area (Å²) in [6, 6.07) is 29.7. The van der Waals surface area contributed by atoms with Crippen molar-refractivity contribution >= 4 is 12.6 Å². The van der Waals surface area contributed by atoms with Crippen LogP contribution in [0.25, 0.3) is 0 Å². The van der Waals surface area contributed by atoms with Gasteiger partial charge in [0.25, 0.3) is 0 Å². The van der Waals surface area contributed by atoms with E-state index in [9.17, 15) is 5.11 Å². The molecule has 174 valence electrons. The summed E-state index contributed by atoms with van der Waals surface area (Å²) in [6.07, 6.45) is -3.31. The first-order valence-corrected chi connectivity index (χ1v) is 11.8. The van der Waals surface area contributed by atoms with Crippen molar-refractivity contribution in [1.82, 2.24) is 0 Å². The Morgan fingerprint density at radius 1 is 0.606 bits per heavy atom. The van der Waals surface area contributed by atoms with Crippen molar-refractivity contribution in [2.45, 2.75) is 50.5 Å². The van der Waals surface area contributed by atoms with Gasteiger partial charge in [0.2, 0.25) is 0 Å². The molecule has 0 unspecified atom stereocenters. The maximum Gasteiger partial charge on any atom is 0.184 e. The van der Waals surface area contributed by atoms with Gasteiger partial charge in [-0.25, -0.2) is 0 Å². The van der Waals surface area contributed by atoms with Gasteiger partial charge in [0.1, 0.15) is 18.3 Å². The van der Waals surface area contributed by atoms with Gasteiger partial charge in [-0.15, -0.1) is 0 Å². The van der Waals surface area contributed by atoms with Crippen LogP contribution >= 0.6 is 12.6 Å². The number of hydrogen-bond acceptors (Lipinski definition) is 6. The molecule has 3 aromatic carbocycles. The quantitative estimate of drug-likeness (QED) is 0.434. The molecule has 0 amide bonds. The lowest BCUT2D eigenvalue weighted by atomic mass is 9.98. The first-order chi connectivity index (χ1) is 16.2. The lowest BCUT2D eigenvalue weighted by Crippen LogP contribution is -2.60. The summed E-state index contributed by atoms with van der Waals surface area (Å²) in [7, 11) is 0. The van der Waals surface area contributed by atoms with Crippen molar-refractivity contribution in [3.05, 3.63) is 108 Å². The second-order valence-electron chi connectivity index (χ2n) is 8.03. The monoisotopic (exact) mass is 466 g/mol. The zero-order chi connectivity index (χ0) is 22.9. The third kappa shape index (κ3) is 6.67. The minimum atomic E-state index is -1.15.